The Hall–Kier alpha value is -0.700. The molecule has 0 aliphatic carbocycles. The predicted molar refractivity (Wildman–Crippen MR) is 84.0 cm³/mol. The first-order chi connectivity index (χ1) is 9.16. The Morgan fingerprint density at radius 2 is 1.63 bits per heavy atom. The topological polar surface area (TPSA) is 40.5 Å². The zero-order valence-corrected chi connectivity index (χ0v) is 13.3. The van der Waals surface area contributed by atoms with Crippen molar-refractivity contribution >= 4 is 15.9 Å². The second kappa shape index (κ2) is 9.24. The van der Waals surface area contributed by atoms with Crippen molar-refractivity contribution in [1.29, 1.82) is 0 Å². The number of rotatable bonds is 9. The summed E-state index contributed by atoms with van der Waals surface area (Å²) in [6.45, 7) is 2.23. The molecule has 19 heavy (non-hydrogen) atoms. The van der Waals surface area contributed by atoms with Crippen molar-refractivity contribution in [2.75, 3.05) is 0 Å². The van der Waals surface area contributed by atoms with Crippen LogP contribution in [0.25, 0.3) is 0 Å². The third-order valence-electron chi connectivity index (χ3n) is 3.44. The molecule has 3 heteroatoms. The number of phenols is 2. The van der Waals surface area contributed by atoms with Gasteiger partial charge < -0.3 is 10.2 Å². The molecule has 1 unspecified atom stereocenters. The SMILES string of the molecule is CCCCCCCCCC(Br)c1cccc(O)c1O. The van der Waals surface area contributed by atoms with Gasteiger partial charge in [-0.05, 0) is 12.5 Å². The first-order valence-corrected chi connectivity index (χ1v) is 8.23. The molecule has 0 fully saturated rings. The smallest absolute Gasteiger partial charge is 0.161 e. The van der Waals surface area contributed by atoms with E-state index in [-0.39, 0.29) is 16.3 Å². The maximum absolute atomic E-state index is 9.79. The van der Waals surface area contributed by atoms with Crippen molar-refractivity contribution in [1.82, 2.24) is 0 Å². The maximum atomic E-state index is 9.79. The molecule has 0 radical (unpaired) electrons. The molecule has 0 spiro atoms. The lowest BCUT2D eigenvalue weighted by Gasteiger charge is -2.12. The molecule has 0 bridgehead atoms. The molecular weight excluding hydrogens is 304 g/mol. The van der Waals surface area contributed by atoms with Crippen LogP contribution in [0.1, 0.15) is 68.7 Å². The van der Waals surface area contributed by atoms with E-state index in [0.29, 0.717) is 0 Å². The summed E-state index contributed by atoms with van der Waals surface area (Å²) in [5.74, 6) is -0.0335. The number of aromatic hydroxyl groups is 2. The quantitative estimate of drug-likeness (QED) is 0.348. The van der Waals surface area contributed by atoms with E-state index in [2.05, 4.69) is 22.9 Å². The number of phenolic OH excluding ortho intramolecular Hbond substituents is 2. The number of para-hydroxylation sites is 1. The highest BCUT2D eigenvalue weighted by atomic mass is 79.9. The molecule has 1 atom stereocenters. The summed E-state index contributed by atoms with van der Waals surface area (Å²) in [5, 5.41) is 19.3. The standard InChI is InChI=1S/C16H25BrO2/c1-2-3-4-5-6-7-8-11-14(17)13-10-9-12-15(18)16(13)19/h9-10,12,14,18-19H,2-8,11H2,1H3. The van der Waals surface area contributed by atoms with Gasteiger partial charge in [0.25, 0.3) is 0 Å². The third-order valence-corrected chi connectivity index (χ3v) is 4.40. The van der Waals surface area contributed by atoms with Gasteiger partial charge in [-0.1, -0.05) is 79.9 Å². The fraction of sp³-hybridized carbons (Fsp3) is 0.625. The molecule has 0 aliphatic heterocycles. The van der Waals surface area contributed by atoms with Crippen LogP contribution in [0.15, 0.2) is 18.2 Å². The Morgan fingerprint density at radius 3 is 2.32 bits per heavy atom. The summed E-state index contributed by atoms with van der Waals surface area (Å²) in [6.07, 6.45) is 10.00. The molecule has 0 saturated carbocycles. The van der Waals surface area contributed by atoms with Crippen LogP contribution in [0, 0.1) is 0 Å². The maximum Gasteiger partial charge on any atom is 0.161 e. The van der Waals surface area contributed by atoms with Crippen molar-refractivity contribution in [3.05, 3.63) is 23.8 Å². The van der Waals surface area contributed by atoms with Crippen molar-refractivity contribution in [3.8, 4) is 11.5 Å². The van der Waals surface area contributed by atoms with E-state index in [1.54, 1.807) is 6.07 Å². The lowest BCUT2D eigenvalue weighted by Crippen LogP contribution is -1.91. The van der Waals surface area contributed by atoms with Crippen molar-refractivity contribution in [2.24, 2.45) is 0 Å². The van der Waals surface area contributed by atoms with Gasteiger partial charge in [0.2, 0.25) is 0 Å². The van der Waals surface area contributed by atoms with Gasteiger partial charge in [-0.25, -0.2) is 0 Å². The monoisotopic (exact) mass is 328 g/mol. The highest BCUT2D eigenvalue weighted by Crippen LogP contribution is 2.38. The molecule has 108 valence electrons. The fourth-order valence-electron chi connectivity index (χ4n) is 2.24. The molecule has 0 amide bonds. The number of hydrogen-bond acceptors (Lipinski definition) is 2. The number of alkyl halides is 1. The minimum atomic E-state index is -0.0403. The summed E-state index contributed by atoms with van der Waals surface area (Å²) in [7, 11) is 0. The second-order valence-corrected chi connectivity index (χ2v) is 6.20. The van der Waals surface area contributed by atoms with Gasteiger partial charge in [-0.3, -0.25) is 0 Å². The Morgan fingerprint density at radius 1 is 1.00 bits per heavy atom. The van der Waals surface area contributed by atoms with Crippen LogP contribution >= 0.6 is 15.9 Å². The highest BCUT2D eigenvalue weighted by Gasteiger charge is 2.13. The number of benzene rings is 1. The van der Waals surface area contributed by atoms with Crippen molar-refractivity contribution in [2.45, 2.75) is 63.1 Å². The van der Waals surface area contributed by atoms with Gasteiger partial charge in [0.15, 0.2) is 11.5 Å². The molecule has 2 nitrogen and oxygen atoms in total. The Bertz CT molecular complexity index is 366. The summed E-state index contributed by atoms with van der Waals surface area (Å²) in [5.41, 5.74) is 0.783. The van der Waals surface area contributed by atoms with E-state index in [0.717, 1.165) is 18.4 Å². The largest absolute Gasteiger partial charge is 0.504 e. The molecule has 0 aliphatic rings. The van der Waals surface area contributed by atoms with Crippen LogP contribution in [-0.4, -0.2) is 10.2 Å². The van der Waals surface area contributed by atoms with E-state index in [9.17, 15) is 10.2 Å². The zero-order chi connectivity index (χ0) is 14.1. The molecular formula is C16H25BrO2. The number of unbranched alkanes of at least 4 members (excludes halogenated alkanes) is 6. The summed E-state index contributed by atoms with van der Waals surface area (Å²) >= 11 is 3.59. The van der Waals surface area contributed by atoms with E-state index < -0.39 is 0 Å². The van der Waals surface area contributed by atoms with Crippen LogP contribution < -0.4 is 0 Å². The van der Waals surface area contributed by atoms with Gasteiger partial charge in [0.05, 0.1) is 0 Å². The fourth-order valence-corrected chi connectivity index (χ4v) is 2.93. The minimum absolute atomic E-state index is 0.00678. The van der Waals surface area contributed by atoms with E-state index in [4.69, 9.17) is 0 Å². The average molecular weight is 329 g/mol. The Kier molecular flexibility index (Phi) is 7.96. The Labute approximate surface area is 125 Å². The lowest BCUT2D eigenvalue weighted by atomic mass is 10.0. The molecule has 1 rings (SSSR count). The van der Waals surface area contributed by atoms with E-state index in [1.807, 2.05) is 6.07 Å². The van der Waals surface area contributed by atoms with Crippen LogP contribution in [0.3, 0.4) is 0 Å². The van der Waals surface area contributed by atoms with Crippen LogP contribution in [-0.2, 0) is 0 Å². The van der Waals surface area contributed by atoms with Gasteiger partial charge in [0.1, 0.15) is 0 Å². The molecule has 1 aromatic rings. The number of halogens is 1. The van der Waals surface area contributed by atoms with Crippen molar-refractivity contribution < 1.29 is 10.2 Å². The van der Waals surface area contributed by atoms with Gasteiger partial charge in [0, 0.05) is 10.4 Å². The number of hydrogen-bond donors (Lipinski definition) is 2. The zero-order valence-electron chi connectivity index (χ0n) is 11.7. The molecule has 1 aromatic carbocycles. The minimum Gasteiger partial charge on any atom is -0.504 e. The summed E-state index contributed by atoms with van der Waals surface area (Å²) in [6, 6.07) is 5.13. The lowest BCUT2D eigenvalue weighted by molar-refractivity contribution is 0.398. The normalized spacial score (nSPS) is 12.5. The molecule has 0 aromatic heterocycles. The van der Waals surface area contributed by atoms with E-state index in [1.165, 1.54) is 44.6 Å². The first kappa shape index (κ1) is 16.4. The van der Waals surface area contributed by atoms with Gasteiger partial charge >= 0.3 is 0 Å². The highest BCUT2D eigenvalue weighted by molar-refractivity contribution is 9.09. The Balaban J connectivity index is 2.24. The van der Waals surface area contributed by atoms with Crippen LogP contribution in [0.4, 0.5) is 0 Å². The first-order valence-electron chi connectivity index (χ1n) is 7.31. The molecule has 2 N–H and O–H groups in total. The molecule has 0 saturated heterocycles. The molecule has 0 heterocycles. The predicted octanol–water partition coefficient (Wildman–Crippen LogP) is 5.67. The van der Waals surface area contributed by atoms with Crippen molar-refractivity contribution in [3.63, 3.8) is 0 Å². The summed E-state index contributed by atoms with van der Waals surface area (Å²) < 4.78 is 0. The summed E-state index contributed by atoms with van der Waals surface area (Å²) in [4.78, 5) is 0.121. The van der Waals surface area contributed by atoms with Crippen LogP contribution in [0.2, 0.25) is 0 Å². The average Bonchev–Trinajstić information content (AvgIpc) is 2.40. The van der Waals surface area contributed by atoms with Crippen LogP contribution in [0.5, 0.6) is 11.5 Å². The second-order valence-electron chi connectivity index (χ2n) is 5.09. The van der Waals surface area contributed by atoms with Gasteiger partial charge in [-0.15, -0.1) is 0 Å². The van der Waals surface area contributed by atoms with Gasteiger partial charge in [-0.2, -0.15) is 0 Å². The van der Waals surface area contributed by atoms with E-state index >= 15 is 0 Å². The third kappa shape index (κ3) is 5.85.